The molecule has 1 saturated heterocycles. The highest BCUT2D eigenvalue weighted by molar-refractivity contribution is 6.00. The highest BCUT2D eigenvalue weighted by atomic mass is 16.5. The first kappa shape index (κ1) is 30.1. The van der Waals surface area contributed by atoms with E-state index in [1.165, 1.54) is 0 Å². The third-order valence-corrected chi connectivity index (χ3v) is 7.85. The van der Waals surface area contributed by atoms with E-state index in [4.69, 9.17) is 15.0 Å². The van der Waals surface area contributed by atoms with Gasteiger partial charge in [-0.1, -0.05) is 31.1 Å². The summed E-state index contributed by atoms with van der Waals surface area (Å²) in [5, 5.41) is 12.8. The van der Waals surface area contributed by atoms with Crippen LogP contribution in [-0.4, -0.2) is 61.9 Å². The fraction of sp³-hybridized carbons (Fsp3) is 0.548. The lowest BCUT2D eigenvalue weighted by Gasteiger charge is -2.35. The first-order valence-corrected chi connectivity index (χ1v) is 14.5. The van der Waals surface area contributed by atoms with Crippen LogP contribution in [0.5, 0.6) is 11.5 Å². The quantitative estimate of drug-likeness (QED) is 0.163. The van der Waals surface area contributed by atoms with Crippen molar-refractivity contribution in [3.05, 3.63) is 64.0 Å². The van der Waals surface area contributed by atoms with E-state index >= 15 is 0 Å². The lowest BCUT2D eigenvalue weighted by Crippen LogP contribution is -2.38. The Morgan fingerprint density at radius 1 is 1.10 bits per heavy atom. The number of piperidine rings is 1. The number of anilines is 1. The Labute approximate surface area is 241 Å². The predicted octanol–water partition coefficient (Wildman–Crippen LogP) is 6.32. The van der Waals surface area contributed by atoms with Crippen LogP contribution in [0.3, 0.4) is 0 Å². The van der Waals surface area contributed by atoms with Gasteiger partial charge in [0.1, 0.15) is 11.5 Å². The number of azide groups is 1. The molecule has 0 spiro atoms. The van der Waals surface area contributed by atoms with Crippen molar-refractivity contribution in [1.82, 2.24) is 4.90 Å². The number of ether oxygens (including phenoxy) is 2. The molecule has 2 aromatic carbocycles. The molecule has 1 unspecified atom stereocenters. The standard InChI is InChI=1S/C31H41N5O5/c1-21(2)18-35(3)31(39)27-10-9-26(41-20-33-34-32)16-29(27)36-13-11-22(12-14-36)19-40-25-6-4-5-24(15-25)28(17-30(37)38)23-7-8-23/h4-6,9-10,15-16,21-23,28H,7-8,11-14,17-20H2,1-3H3,(H,37,38). The highest BCUT2D eigenvalue weighted by Crippen LogP contribution is 2.45. The average Bonchev–Trinajstić information content (AvgIpc) is 3.80. The maximum atomic E-state index is 13.4. The van der Waals surface area contributed by atoms with Gasteiger partial charge in [-0.3, -0.25) is 9.59 Å². The fourth-order valence-corrected chi connectivity index (χ4v) is 5.64. The van der Waals surface area contributed by atoms with E-state index in [0.717, 1.165) is 55.8 Å². The minimum absolute atomic E-state index is 0.0342. The largest absolute Gasteiger partial charge is 0.493 e. The Morgan fingerprint density at radius 3 is 2.49 bits per heavy atom. The summed E-state index contributed by atoms with van der Waals surface area (Å²) in [7, 11) is 1.82. The predicted molar refractivity (Wildman–Crippen MR) is 157 cm³/mol. The molecule has 1 N–H and O–H groups in total. The number of amides is 1. The molecule has 10 nitrogen and oxygen atoms in total. The maximum Gasteiger partial charge on any atom is 0.303 e. The van der Waals surface area contributed by atoms with Gasteiger partial charge in [0.25, 0.3) is 5.91 Å². The minimum atomic E-state index is -0.760. The molecule has 1 saturated carbocycles. The topological polar surface area (TPSA) is 128 Å². The second kappa shape index (κ2) is 14.1. The minimum Gasteiger partial charge on any atom is -0.493 e. The third-order valence-electron chi connectivity index (χ3n) is 7.85. The van der Waals surface area contributed by atoms with Crippen molar-refractivity contribution in [2.24, 2.45) is 22.9 Å². The van der Waals surface area contributed by atoms with Crippen molar-refractivity contribution >= 4 is 17.6 Å². The van der Waals surface area contributed by atoms with E-state index in [-0.39, 0.29) is 25.0 Å². The first-order chi connectivity index (χ1) is 19.7. The number of nitrogens with zero attached hydrogens (tertiary/aromatic N) is 5. The molecule has 2 aliphatic rings. The summed E-state index contributed by atoms with van der Waals surface area (Å²) in [4.78, 5) is 31.5. The zero-order chi connectivity index (χ0) is 29.4. The van der Waals surface area contributed by atoms with Gasteiger partial charge in [0, 0.05) is 37.7 Å². The molecule has 0 radical (unpaired) electrons. The van der Waals surface area contributed by atoms with Crippen LogP contribution in [0.4, 0.5) is 5.69 Å². The summed E-state index contributed by atoms with van der Waals surface area (Å²) in [5.41, 5.74) is 11.1. The lowest BCUT2D eigenvalue weighted by molar-refractivity contribution is -0.137. The molecule has 2 aromatic rings. The third kappa shape index (κ3) is 8.54. The van der Waals surface area contributed by atoms with E-state index in [1.807, 2.05) is 37.4 Å². The van der Waals surface area contributed by atoms with Gasteiger partial charge in [0.15, 0.2) is 6.73 Å². The molecule has 220 valence electrons. The van der Waals surface area contributed by atoms with Gasteiger partial charge in [-0.2, -0.15) is 0 Å². The average molecular weight is 564 g/mol. The number of rotatable bonds is 14. The van der Waals surface area contributed by atoms with Gasteiger partial charge in [-0.15, -0.1) is 0 Å². The van der Waals surface area contributed by atoms with Crippen LogP contribution in [0.15, 0.2) is 47.6 Å². The van der Waals surface area contributed by atoms with Crippen LogP contribution in [0.25, 0.3) is 10.4 Å². The van der Waals surface area contributed by atoms with E-state index in [2.05, 4.69) is 28.8 Å². The SMILES string of the molecule is CC(C)CN(C)C(=O)c1ccc(OCN=[N+]=[N-])cc1N1CCC(COc2cccc(C(CC(=O)O)C3CC3)c2)CC1. The molecule has 10 heteroatoms. The summed E-state index contributed by atoms with van der Waals surface area (Å²) in [6.45, 7) is 6.84. The second-order valence-corrected chi connectivity index (χ2v) is 11.6. The summed E-state index contributed by atoms with van der Waals surface area (Å²) < 4.78 is 11.8. The molecule has 4 rings (SSSR count). The Kier molecular flexibility index (Phi) is 10.4. The molecular weight excluding hydrogens is 522 g/mol. The number of hydrogen-bond acceptors (Lipinski definition) is 6. The van der Waals surface area contributed by atoms with E-state index < -0.39 is 5.97 Å². The second-order valence-electron chi connectivity index (χ2n) is 11.6. The van der Waals surface area contributed by atoms with Gasteiger partial charge in [-0.25, -0.2) is 0 Å². The summed E-state index contributed by atoms with van der Waals surface area (Å²) in [6, 6.07) is 13.3. The summed E-state index contributed by atoms with van der Waals surface area (Å²) >= 11 is 0. The van der Waals surface area contributed by atoms with Crippen molar-refractivity contribution in [2.75, 3.05) is 44.9 Å². The van der Waals surface area contributed by atoms with Crippen LogP contribution >= 0.6 is 0 Å². The number of hydrogen-bond donors (Lipinski definition) is 1. The number of carboxylic acid groups (broad SMARTS) is 1. The molecule has 1 aliphatic heterocycles. The van der Waals surface area contributed by atoms with Crippen molar-refractivity contribution in [2.45, 2.75) is 51.9 Å². The smallest absolute Gasteiger partial charge is 0.303 e. The van der Waals surface area contributed by atoms with Gasteiger partial charge in [0.2, 0.25) is 0 Å². The molecule has 0 bridgehead atoms. The Morgan fingerprint density at radius 2 is 1.83 bits per heavy atom. The zero-order valence-electron chi connectivity index (χ0n) is 24.2. The van der Waals surface area contributed by atoms with Crippen molar-refractivity contribution in [3.8, 4) is 11.5 Å². The summed E-state index contributed by atoms with van der Waals surface area (Å²) in [6.07, 6.45) is 4.14. The van der Waals surface area contributed by atoms with Gasteiger partial charge < -0.3 is 24.4 Å². The van der Waals surface area contributed by atoms with Crippen molar-refractivity contribution in [3.63, 3.8) is 0 Å². The first-order valence-electron chi connectivity index (χ1n) is 14.5. The molecule has 41 heavy (non-hydrogen) atoms. The Hall–Kier alpha value is -3.91. The van der Waals surface area contributed by atoms with Crippen LogP contribution in [-0.2, 0) is 4.79 Å². The normalized spacial score (nSPS) is 16.1. The van der Waals surface area contributed by atoms with Crippen LogP contribution < -0.4 is 14.4 Å². The Bertz CT molecular complexity index is 1250. The molecule has 1 heterocycles. The summed E-state index contributed by atoms with van der Waals surface area (Å²) in [5.74, 6) is 1.75. The molecular formula is C31H41N5O5. The van der Waals surface area contributed by atoms with Crippen molar-refractivity contribution in [1.29, 1.82) is 0 Å². The molecule has 2 fully saturated rings. The van der Waals surface area contributed by atoms with Gasteiger partial charge >= 0.3 is 5.97 Å². The van der Waals surface area contributed by atoms with E-state index in [1.54, 1.807) is 17.0 Å². The van der Waals surface area contributed by atoms with Gasteiger partial charge in [-0.05, 0) is 84.7 Å². The number of carbonyl (C=O) groups is 2. The van der Waals surface area contributed by atoms with E-state index in [9.17, 15) is 14.7 Å². The lowest BCUT2D eigenvalue weighted by atomic mass is 9.91. The van der Waals surface area contributed by atoms with Crippen LogP contribution in [0, 0.1) is 17.8 Å². The number of carbonyl (C=O) groups excluding carboxylic acids is 1. The monoisotopic (exact) mass is 563 g/mol. The van der Waals surface area contributed by atoms with E-state index in [0.29, 0.717) is 42.2 Å². The highest BCUT2D eigenvalue weighted by Gasteiger charge is 2.34. The van der Waals surface area contributed by atoms with Crippen LogP contribution in [0.2, 0.25) is 0 Å². The molecule has 1 aliphatic carbocycles. The Balaban J connectivity index is 1.40. The number of aliphatic carboxylic acids is 1. The maximum absolute atomic E-state index is 13.4. The molecule has 0 aromatic heterocycles. The van der Waals surface area contributed by atoms with Crippen molar-refractivity contribution < 1.29 is 24.2 Å². The van der Waals surface area contributed by atoms with Gasteiger partial charge in [0.05, 0.1) is 24.3 Å². The van der Waals surface area contributed by atoms with Crippen LogP contribution in [0.1, 0.15) is 67.8 Å². The zero-order valence-corrected chi connectivity index (χ0v) is 24.2. The molecule has 1 amide bonds. The fourth-order valence-electron chi connectivity index (χ4n) is 5.64. The molecule has 1 atom stereocenters. The number of benzene rings is 2. The number of carboxylic acids is 1.